The second-order valence-corrected chi connectivity index (χ2v) is 15.4. The predicted molar refractivity (Wildman–Crippen MR) is 132 cm³/mol. The first-order chi connectivity index (χ1) is 15.1. The number of hydrogen-bond acceptors (Lipinski definition) is 3. The van der Waals surface area contributed by atoms with Gasteiger partial charge in [0.2, 0.25) is 0 Å². The van der Waals surface area contributed by atoms with Gasteiger partial charge in [-0.15, -0.1) is 0 Å². The number of hydrogen-bond donors (Lipinski definition) is 2. The first-order valence-electron chi connectivity index (χ1n) is 11.7. The van der Waals surface area contributed by atoms with E-state index >= 15 is 0 Å². The van der Waals surface area contributed by atoms with Gasteiger partial charge in [0.1, 0.15) is 12.4 Å². The molecule has 4 rings (SSSR count). The molecule has 0 radical (unpaired) electrons. The third-order valence-electron chi connectivity index (χ3n) is 7.17. The fraction of sp³-hybridized carbons (Fsp3) is 0.500. The zero-order valence-corrected chi connectivity index (χ0v) is 21.0. The fourth-order valence-electron chi connectivity index (χ4n) is 4.33. The van der Waals surface area contributed by atoms with Gasteiger partial charge in [-0.05, 0) is 72.6 Å². The third-order valence-corrected chi connectivity index (χ3v) is 11.7. The van der Waals surface area contributed by atoms with Gasteiger partial charge in [-0.1, -0.05) is 51.1 Å². The summed E-state index contributed by atoms with van der Waals surface area (Å²) in [4.78, 5) is 12.8. The Morgan fingerprint density at radius 3 is 2.59 bits per heavy atom. The van der Waals surface area contributed by atoms with Crippen LogP contribution in [0.2, 0.25) is 18.1 Å². The van der Waals surface area contributed by atoms with Crippen LogP contribution in [0.4, 0.5) is 10.5 Å². The van der Waals surface area contributed by atoms with Gasteiger partial charge in [-0.25, -0.2) is 4.79 Å². The maximum Gasteiger partial charge on any atom is 0.319 e. The fourth-order valence-corrected chi connectivity index (χ4v) is 5.72. The van der Waals surface area contributed by atoms with Crippen molar-refractivity contribution in [2.24, 2.45) is 0 Å². The van der Waals surface area contributed by atoms with Crippen LogP contribution in [0, 0.1) is 0 Å². The van der Waals surface area contributed by atoms with Crippen LogP contribution >= 0.6 is 0 Å². The number of benzene rings is 2. The molecule has 0 spiro atoms. The van der Waals surface area contributed by atoms with E-state index in [0.717, 1.165) is 42.7 Å². The van der Waals surface area contributed by atoms with E-state index in [0.29, 0.717) is 6.61 Å². The summed E-state index contributed by atoms with van der Waals surface area (Å²) in [6.07, 6.45) is 3.85. The summed E-state index contributed by atoms with van der Waals surface area (Å²) >= 11 is 0. The molecule has 2 aromatic carbocycles. The van der Waals surface area contributed by atoms with Gasteiger partial charge in [-0.3, -0.25) is 0 Å². The van der Waals surface area contributed by atoms with Crippen LogP contribution in [0.3, 0.4) is 0 Å². The average Bonchev–Trinajstić information content (AvgIpc) is 2.73. The summed E-state index contributed by atoms with van der Waals surface area (Å²) in [5, 5.41) is 6.38. The standard InChI is InChI=1S/C26H36N2O3Si/c1-26(2,3)32(4,5)31-21-14-13-18-10-8-11-23(22(18)16-21)28-25(29)27-20-15-19-9-6-7-12-24(19)30-17-20/h6-12,20-21H,13-17H2,1-5H3,(H2,27,28,29). The minimum Gasteiger partial charge on any atom is -0.491 e. The highest BCUT2D eigenvalue weighted by atomic mass is 28.4. The van der Waals surface area contributed by atoms with Crippen LogP contribution in [-0.2, 0) is 23.7 Å². The molecule has 0 saturated carbocycles. The van der Waals surface area contributed by atoms with E-state index in [-0.39, 0.29) is 23.2 Å². The number of amides is 2. The van der Waals surface area contributed by atoms with Crippen molar-refractivity contribution >= 4 is 20.0 Å². The molecule has 0 bridgehead atoms. The largest absolute Gasteiger partial charge is 0.491 e. The summed E-state index contributed by atoms with van der Waals surface area (Å²) in [7, 11) is -1.84. The summed E-state index contributed by atoms with van der Waals surface area (Å²) in [5.41, 5.74) is 4.54. The van der Waals surface area contributed by atoms with Crippen LogP contribution in [0.1, 0.15) is 43.9 Å². The number of carbonyl (C=O) groups excluding carboxylic acids is 1. The number of urea groups is 1. The van der Waals surface area contributed by atoms with E-state index in [9.17, 15) is 4.79 Å². The third kappa shape index (κ3) is 5.02. The van der Waals surface area contributed by atoms with Crippen LogP contribution < -0.4 is 15.4 Å². The van der Waals surface area contributed by atoms with Gasteiger partial charge in [0.25, 0.3) is 0 Å². The molecule has 2 amide bonds. The Labute approximate surface area is 193 Å². The second-order valence-electron chi connectivity index (χ2n) is 10.6. The minimum atomic E-state index is -1.84. The number of aryl methyl sites for hydroxylation is 1. The lowest BCUT2D eigenvalue weighted by Gasteiger charge is -2.40. The quantitative estimate of drug-likeness (QED) is 0.586. The molecule has 0 saturated heterocycles. The van der Waals surface area contributed by atoms with Crippen molar-refractivity contribution in [3.63, 3.8) is 0 Å². The van der Waals surface area contributed by atoms with Crippen LogP contribution in [0.5, 0.6) is 5.75 Å². The summed E-state index contributed by atoms with van der Waals surface area (Å²) in [6, 6.07) is 14.0. The Morgan fingerprint density at radius 2 is 1.81 bits per heavy atom. The van der Waals surface area contributed by atoms with Gasteiger partial charge in [0.15, 0.2) is 8.32 Å². The van der Waals surface area contributed by atoms with E-state index in [1.165, 1.54) is 11.1 Å². The van der Waals surface area contributed by atoms with Gasteiger partial charge in [-0.2, -0.15) is 0 Å². The summed E-state index contributed by atoms with van der Waals surface area (Å²) < 4.78 is 12.5. The van der Waals surface area contributed by atoms with Crippen LogP contribution in [-0.4, -0.2) is 33.1 Å². The average molecular weight is 453 g/mol. The molecular formula is C26H36N2O3Si. The van der Waals surface area contributed by atoms with Crippen LogP contribution in [0.25, 0.3) is 0 Å². The monoisotopic (exact) mass is 452 g/mol. The molecule has 2 atom stereocenters. The second kappa shape index (κ2) is 8.91. The lowest BCUT2D eigenvalue weighted by Crippen LogP contribution is -2.45. The number of anilines is 1. The maximum absolute atomic E-state index is 12.8. The van der Waals surface area contributed by atoms with Crippen molar-refractivity contribution in [1.82, 2.24) is 5.32 Å². The van der Waals surface area contributed by atoms with Crippen molar-refractivity contribution in [3.8, 4) is 5.75 Å². The lowest BCUT2D eigenvalue weighted by atomic mass is 9.88. The van der Waals surface area contributed by atoms with Crippen molar-refractivity contribution < 1.29 is 14.0 Å². The Morgan fingerprint density at radius 1 is 1.06 bits per heavy atom. The molecule has 2 N–H and O–H groups in total. The molecule has 2 aliphatic rings. The smallest absolute Gasteiger partial charge is 0.319 e. The van der Waals surface area contributed by atoms with Gasteiger partial charge < -0.3 is 19.8 Å². The first kappa shape index (κ1) is 22.9. The normalized spacial score (nSPS) is 20.5. The summed E-state index contributed by atoms with van der Waals surface area (Å²) in [5.74, 6) is 0.913. The number of ether oxygens (including phenoxy) is 1. The SMILES string of the molecule is CC(C)(C)[Si](C)(C)OC1CCc2cccc(NC(=O)NC3COc4ccccc4C3)c2C1. The molecule has 1 aliphatic carbocycles. The number of para-hydroxylation sites is 1. The van der Waals surface area contributed by atoms with E-state index in [1.807, 2.05) is 30.3 Å². The molecule has 1 aliphatic heterocycles. The Balaban J connectivity index is 1.41. The molecule has 0 fully saturated rings. The highest BCUT2D eigenvalue weighted by Crippen LogP contribution is 2.39. The highest BCUT2D eigenvalue weighted by molar-refractivity contribution is 6.74. The first-order valence-corrected chi connectivity index (χ1v) is 14.6. The number of rotatable bonds is 4. The molecule has 2 aromatic rings. The molecule has 0 aromatic heterocycles. The lowest BCUT2D eigenvalue weighted by molar-refractivity contribution is 0.165. The predicted octanol–water partition coefficient (Wildman–Crippen LogP) is 5.69. The zero-order chi connectivity index (χ0) is 22.9. The number of carbonyl (C=O) groups is 1. The molecule has 32 heavy (non-hydrogen) atoms. The minimum absolute atomic E-state index is 0.0425. The van der Waals surface area contributed by atoms with Crippen molar-refractivity contribution in [3.05, 3.63) is 59.2 Å². The van der Waals surface area contributed by atoms with Crippen molar-refractivity contribution in [2.75, 3.05) is 11.9 Å². The molecule has 6 heteroatoms. The Kier molecular flexibility index (Phi) is 6.36. The van der Waals surface area contributed by atoms with Crippen LogP contribution in [0.15, 0.2) is 42.5 Å². The van der Waals surface area contributed by atoms with Crippen molar-refractivity contribution in [2.45, 2.75) is 76.7 Å². The molecular weight excluding hydrogens is 416 g/mol. The van der Waals surface area contributed by atoms with E-state index in [2.05, 4.69) is 56.6 Å². The van der Waals surface area contributed by atoms with E-state index in [4.69, 9.17) is 9.16 Å². The number of nitrogens with one attached hydrogen (secondary N) is 2. The van der Waals surface area contributed by atoms with Gasteiger partial charge in [0, 0.05) is 11.8 Å². The Hall–Kier alpha value is -2.31. The zero-order valence-electron chi connectivity index (χ0n) is 20.0. The summed E-state index contributed by atoms with van der Waals surface area (Å²) in [6.45, 7) is 11.9. The molecule has 5 nitrogen and oxygen atoms in total. The molecule has 172 valence electrons. The van der Waals surface area contributed by atoms with E-state index in [1.54, 1.807) is 0 Å². The van der Waals surface area contributed by atoms with Crippen molar-refractivity contribution in [1.29, 1.82) is 0 Å². The van der Waals surface area contributed by atoms with Gasteiger partial charge >= 0.3 is 6.03 Å². The molecule has 1 heterocycles. The Bertz CT molecular complexity index is 983. The van der Waals surface area contributed by atoms with E-state index < -0.39 is 8.32 Å². The molecule has 2 unspecified atom stereocenters. The topological polar surface area (TPSA) is 59.6 Å². The van der Waals surface area contributed by atoms with Gasteiger partial charge in [0.05, 0.1) is 6.04 Å². The number of fused-ring (bicyclic) bond motifs is 2. The highest BCUT2D eigenvalue weighted by Gasteiger charge is 2.40. The maximum atomic E-state index is 12.8.